The Morgan fingerprint density at radius 1 is 0.500 bits per heavy atom. The summed E-state index contributed by atoms with van der Waals surface area (Å²) in [7, 11) is 0. The largest absolute Gasteiger partial charge is 0.289 e. The minimum Gasteiger partial charge on any atom is -0.289 e. The fourth-order valence-corrected chi connectivity index (χ4v) is 3.58. The second-order valence-corrected chi connectivity index (χ2v) is 6.66. The molecule has 1 aliphatic carbocycles. The minimum atomic E-state index is -0.131. The molecule has 0 spiro atoms. The van der Waals surface area contributed by atoms with Gasteiger partial charge < -0.3 is 0 Å². The van der Waals surface area contributed by atoms with Crippen LogP contribution < -0.4 is 0 Å². The number of carbonyl (C=O) groups excluding carboxylic acids is 2. The normalized spacial score (nSPS) is 12.4. The molecule has 1 aliphatic rings. The molecule has 2 heterocycles. The number of rotatable bonds is 2. The van der Waals surface area contributed by atoms with Crippen LogP contribution in [-0.4, -0.2) is 21.5 Å². The lowest BCUT2D eigenvalue weighted by Crippen LogP contribution is -2.21. The molecular weight excluding hydrogens is 348 g/mol. The lowest BCUT2D eigenvalue weighted by molar-refractivity contribution is 0.0979. The van der Waals surface area contributed by atoms with Crippen LogP contribution >= 0.6 is 0 Å². The van der Waals surface area contributed by atoms with Crippen LogP contribution in [-0.2, 0) is 0 Å². The fourth-order valence-electron chi connectivity index (χ4n) is 3.58. The molecule has 28 heavy (non-hydrogen) atoms. The van der Waals surface area contributed by atoms with E-state index in [0.29, 0.717) is 22.3 Å². The summed E-state index contributed by atoms with van der Waals surface area (Å²) in [6, 6.07) is 18.3. The van der Waals surface area contributed by atoms with E-state index in [1.54, 1.807) is 49.1 Å². The molecule has 0 bridgehead atoms. The summed E-state index contributed by atoms with van der Waals surface area (Å²) in [6.07, 6.45) is 6.88. The van der Waals surface area contributed by atoms with Gasteiger partial charge in [0.25, 0.3) is 0 Å². The molecule has 0 atom stereocenters. The maximum absolute atomic E-state index is 13.1. The lowest BCUT2D eigenvalue weighted by Gasteiger charge is -2.19. The van der Waals surface area contributed by atoms with Gasteiger partial charge in [0.15, 0.2) is 11.6 Å². The molecule has 5 rings (SSSR count). The van der Waals surface area contributed by atoms with E-state index in [0.717, 1.165) is 22.3 Å². The third kappa shape index (κ3) is 2.55. The summed E-state index contributed by atoms with van der Waals surface area (Å²) in [5.41, 5.74) is 5.29. The molecule has 0 N–H and O–H groups in total. The van der Waals surface area contributed by atoms with Crippen LogP contribution in [0.25, 0.3) is 22.3 Å². The second kappa shape index (κ2) is 6.35. The van der Waals surface area contributed by atoms with Crippen molar-refractivity contribution in [3.63, 3.8) is 0 Å². The zero-order valence-electron chi connectivity index (χ0n) is 14.8. The lowest BCUT2D eigenvalue weighted by atomic mass is 9.82. The van der Waals surface area contributed by atoms with E-state index in [9.17, 15) is 9.59 Å². The molecule has 2 aromatic heterocycles. The van der Waals surface area contributed by atoms with Gasteiger partial charge in [-0.15, -0.1) is 0 Å². The van der Waals surface area contributed by atoms with Crippen molar-refractivity contribution in [2.75, 3.05) is 0 Å². The number of hydrogen-bond acceptors (Lipinski definition) is 4. The Hall–Kier alpha value is -3.92. The number of benzene rings is 2. The van der Waals surface area contributed by atoms with Crippen molar-refractivity contribution in [3.05, 3.63) is 108 Å². The second-order valence-electron chi connectivity index (χ2n) is 6.66. The van der Waals surface area contributed by atoms with E-state index in [1.807, 2.05) is 36.4 Å². The van der Waals surface area contributed by atoms with Crippen LogP contribution in [0.1, 0.15) is 31.8 Å². The highest BCUT2D eigenvalue weighted by atomic mass is 16.1. The van der Waals surface area contributed by atoms with E-state index in [4.69, 9.17) is 0 Å². The standard InChI is InChI=1S/C24H14N2O2/c27-23-20-8-6-16(18-4-2-10-26-14-18)12-22(20)24(28)19-7-5-15(11-21(19)23)17-3-1-9-25-13-17/h1-14H. The molecule has 0 amide bonds. The number of carbonyl (C=O) groups is 2. The highest BCUT2D eigenvalue weighted by molar-refractivity contribution is 6.29. The Labute approximate surface area is 161 Å². The van der Waals surface area contributed by atoms with Gasteiger partial charge >= 0.3 is 0 Å². The van der Waals surface area contributed by atoms with Crippen molar-refractivity contribution in [2.45, 2.75) is 0 Å². The van der Waals surface area contributed by atoms with Gasteiger partial charge in [0.2, 0.25) is 0 Å². The van der Waals surface area contributed by atoms with Crippen LogP contribution in [0.3, 0.4) is 0 Å². The summed E-state index contributed by atoms with van der Waals surface area (Å²) in [5.74, 6) is -0.263. The number of fused-ring (bicyclic) bond motifs is 2. The summed E-state index contributed by atoms with van der Waals surface area (Å²) < 4.78 is 0. The third-order valence-electron chi connectivity index (χ3n) is 5.01. The van der Waals surface area contributed by atoms with E-state index in [-0.39, 0.29) is 11.6 Å². The highest BCUT2D eigenvalue weighted by Gasteiger charge is 2.30. The van der Waals surface area contributed by atoms with E-state index in [1.165, 1.54) is 0 Å². The molecule has 0 unspecified atom stereocenters. The fraction of sp³-hybridized carbons (Fsp3) is 0. The van der Waals surface area contributed by atoms with Gasteiger partial charge in [-0.1, -0.05) is 24.3 Å². The number of hydrogen-bond donors (Lipinski definition) is 0. The van der Waals surface area contributed by atoms with Crippen molar-refractivity contribution in [2.24, 2.45) is 0 Å². The van der Waals surface area contributed by atoms with Gasteiger partial charge in [-0.3, -0.25) is 19.6 Å². The van der Waals surface area contributed by atoms with Gasteiger partial charge in [-0.25, -0.2) is 0 Å². The molecule has 132 valence electrons. The number of aromatic nitrogens is 2. The first-order chi connectivity index (χ1) is 13.7. The van der Waals surface area contributed by atoms with Gasteiger partial charge in [0, 0.05) is 58.2 Å². The highest BCUT2D eigenvalue weighted by Crippen LogP contribution is 2.33. The zero-order valence-corrected chi connectivity index (χ0v) is 14.8. The molecule has 0 aliphatic heterocycles. The van der Waals surface area contributed by atoms with Gasteiger partial charge in [-0.2, -0.15) is 0 Å². The Balaban J connectivity index is 1.62. The monoisotopic (exact) mass is 362 g/mol. The predicted molar refractivity (Wildman–Crippen MR) is 106 cm³/mol. The molecule has 2 aromatic carbocycles. The quantitative estimate of drug-likeness (QED) is 0.461. The number of nitrogens with zero attached hydrogens (tertiary/aromatic N) is 2. The minimum absolute atomic E-state index is 0.131. The van der Waals surface area contributed by atoms with Crippen LogP contribution in [0.2, 0.25) is 0 Å². The average Bonchev–Trinajstić information content (AvgIpc) is 2.78. The van der Waals surface area contributed by atoms with Gasteiger partial charge in [0.1, 0.15) is 0 Å². The van der Waals surface area contributed by atoms with E-state index in [2.05, 4.69) is 9.97 Å². The predicted octanol–water partition coefficient (Wildman–Crippen LogP) is 4.59. The van der Waals surface area contributed by atoms with E-state index < -0.39 is 0 Å². The molecule has 0 saturated heterocycles. The average molecular weight is 362 g/mol. The topological polar surface area (TPSA) is 59.9 Å². The Kier molecular flexibility index (Phi) is 3.69. The maximum atomic E-state index is 13.1. The summed E-state index contributed by atoms with van der Waals surface area (Å²) in [4.78, 5) is 34.5. The zero-order chi connectivity index (χ0) is 19.1. The third-order valence-corrected chi connectivity index (χ3v) is 5.01. The van der Waals surface area contributed by atoms with Crippen molar-refractivity contribution in [3.8, 4) is 22.3 Å². The van der Waals surface area contributed by atoms with Crippen molar-refractivity contribution < 1.29 is 9.59 Å². The van der Waals surface area contributed by atoms with Crippen LogP contribution in [0.5, 0.6) is 0 Å². The summed E-state index contributed by atoms with van der Waals surface area (Å²) in [6.45, 7) is 0. The maximum Gasteiger partial charge on any atom is 0.194 e. The van der Waals surface area contributed by atoms with E-state index >= 15 is 0 Å². The molecule has 0 radical (unpaired) electrons. The molecule has 0 fully saturated rings. The molecule has 0 saturated carbocycles. The molecular formula is C24H14N2O2. The van der Waals surface area contributed by atoms with Gasteiger partial charge in [0.05, 0.1) is 0 Å². The molecule has 4 nitrogen and oxygen atoms in total. The smallest absolute Gasteiger partial charge is 0.194 e. The first-order valence-corrected chi connectivity index (χ1v) is 8.91. The molecule has 4 heteroatoms. The van der Waals surface area contributed by atoms with Crippen molar-refractivity contribution >= 4 is 11.6 Å². The van der Waals surface area contributed by atoms with Crippen LogP contribution in [0, 0.1) is 0 Å². The Morgan fingerprint density at radius 3 is 1.36 bits per heavy atom. The number of ketones is 2. The van der Waals surface area contributed by atoms with Crippen molar-refractivity contribution in [1.82, 2.24) is 9.97 Å². The Morgan fingerprint density at radius 2 is 0.964 bits per heavy atom. The van der Waals surface area contributed by atoms with Crippen molar-refractivity contribution in [1.29, 1.82) is 0 Å². The first kappa shape index (κ1) is 16.3. The summed E-state index contributed by atoms with van der Waals surface area (Å²) in [5, 5.41) is 0. The first-order valence-electron chi connectivity index (χ1n) is 8.91. The van der Waals surface area contributed by atoms with Crippen LogP contribution in [0.15, 0.2) is 85.5 Å². The SMILES string of the molecule is O=C1c2ccc(-c3cccnc3)cc2C(=O)c2ccc(-c3cccnc3)cc21. The number of pyridine rings is 2. The van der Waals surface area contributed by atoms with Crippen LogP contribution in [0.4, 0.5) is 0 Å². The Bertz CT molecular complexity index is 1130. The molecule has 4 aromatic rings. The summed E-state index contributed by atoms with van der Waals surface area (Å²) >= 11 is 0. The van der Waals surface area contributed by atoms with Gasteiger partial charge in [-0.05, 0) is 47.5 Å².